The van der Waals surface area contributed by atoms with Gasteiger partial charge in [-0.1, -0.05) is 19.1 Å². The second-order valence-corrected chi connectivity index (χ2v) is 11.1. The standard InChI is InChI=1S/C24H28N2O3S/c1-24-12-11-20-19-8-6-17(26-30(28,29)18-4-2-3-16(25)14-18)13-15(19)5-7-21(20)22(24)9-10-23(24)27/h2-4,6,8,13-14,20-22,26H,5,7,9-12,25H2,1H3/t20-,21-,22+,24+/m1/s1. The monoisotopic (exact) mass is 424 g/mol. The Bertz CT molecular complexity index is 1130. The van der Waals surface area contributed by atoms with Gasteiger partial charge in [-0.3, -0.25) is 9.52 Å². The number of hydrogen-bond acceptors (Lipinski definition) is 4. The number of rotatable bonds is 3. The number of Topliss-reactive ketones (excluding diaryl/α,β-unsaturated/α-hetero) is 1. The molecule has 0 aliphatic heterocycles. The van der Waals surface area contributed by atoms with Crippen molar-refractivity contribution in [3.8, 4) is 0 Å². The Hall–Kier alpha value is -2.34. The molecular weight excluding hydrogens is 396 g/mol. The maximum atomic E-state index is 12.7. The highest BCUT2D eigenvalue weighted by Crippen LogP contribution is 2.59. The minimum absolute atomic E-state index is 0.119. The van der Waals surface area contributed by atoms with E-state index in [1.54, 1.807) is 18.2 Å². The maximum Gasteiger partial charge on any atom is 0.261 e. The van der Waals surface area contributed by atoms with Gasteiger partial charge < -0.3 is 5.73 Å². The summed E-state index contributed by atoms with van der Waals surface area (Å²) in [6.45, 7) is 2.19. The van der Waals surface area contributed by atoms with E-state index in [0.29, 0.717) is 34.9 Å². The second-order valence-electron chi connectivity index (χ2n) is 9.43. The number of nitrogens with one attached hydrogen (secondary N) is 1. The van der Waals surface area contributed by atoms with Crippen molar-refractivity contribution in [1.82, 2.24) is 0 Å². The van der Waals surface area contributed by atoms with Gasteiger partial charge in [0.2, 0.25) is 0 Å². The predicted octanol–water partition coefficient (Wildman–Crippen LogP) is 4.49. The van der Waals surface area contributed by atoms with Gasteiger partial charge >= 0.3 is 0 Å². The number of hydrogen-bond donors (Lipinski definition) is 2. The summed E-state index contributed by atoms with van der Waals surface area (Å²) in [7, 11) is -3.68. The first-order valence-electron chi connectivity index (χ1n) is 10.8. The highest BCUT2D eigenvalue weighted by molar-refractivity contribution is 7.92. The average molecular weight is 425 g/mol. The predicted molar refractivity (Wildman–Crippen MR) is 118 cm³/mol. The summed E-state index contributed by atoms with van der Waals surface area (Å²) in [4.78, 5) is 12.7. The molecule has 2 aromatic rings. The first kappa shape index (κ1) is 19.6. The fourth-order valence-electron chi connectivity index (χ4n) is 6.31. The molecule has 0 heterocycles. The van der Waals surface area contributed by atoms with Crippen LogP contribution in [0.15, 0.2) is 47.4 Å². The van der Waals surface area contributed by atoms with Crippen molar-refractivity contribution < 1.29 is 13.2 Å². The van der Waals surface area contributed by atoms with Crippen LogP contribution in [0.4, 0.5) is 11.4 Å². The summed E-state index contributed by atoms with van der Waals surface area (Å²) in [5.74, 6) is 2.01. The van der Waals surface area contributed by atoms with Gasteiger partial charge in [-0.15, -0.1) is 0 Å². The van der Waals surface area contributed by atoms with Crippen LogP contribution in [-0.2, 0) is 21.2 Å². The maximum absolute atomic E-state index is 12.7. The molecule has 0 radical (unpaired) electrons. The number of benzene rings is 2. The molecular formula is C24H28N2O3S. The van der Waals surface area contributed by atoms with Crippen molar-refractivity contribution >= 4 is 27.2 Å². The summed E-state index contributed by atoms with van der Waals surface area (Å²) in [6, 6.07) is 12.3. The molecule has 30 heavy (non-hydrogen) atoms. The Kier molecular flexibility index (Phi) is 4.47. The largest absolute Gasteiger partial charge is 0.399 e. The van der Waals surface area contributed by atoms with Gasteiger partial charge in [0.25, 0.3) is 10.0 Å². The Morgan fingerprint density at radius 1 is 1.07 bits per heavy atom. The summed E-state index contributed by atoms with van der Waals surface area (Å²) in [6.07, 6.45) is 5.80. The number of carbonyl (C=O) groups is 1. The zero-order chi connectivity index (χ0) is 21.1. The van der Waals surface area contributed by atoms with E-state index in [-0.39, 0.29) is 10.3 Å². The number of aryl methyl sites for hydroxylation is 1. The van der Waals surface area contributed by atoms with Crippen LogP contribution in [0.3, 0.4) is 0 Å². The highest BCUT2D eigenvalue weighted by Gasteiger charge is 2.54. The lowest BCUT2D eigenvalue weighted by Crippen LogP contribution is -2.42. The molecule has 2 aromatic carbocycles. The molecule has 3 aliphatic carbocycles. The van der Waals surface area contributed by atoms with Crippen LogP contribution in [-0.4, -0.2) is 14.2 Å². The van der Waals surface area contributed by atoms with E-state index in [9.17, 15) is 13.2 Å². The van der Waals surface area contributed by atoms with Gasteiger partial charge in [-0.2, -0.15) is 0 Å². The molecule has 0 bridgehead atoms. The Morgan fingerprint density at radius 2 is 1.90 bits per heavy atom. The SMILES string of the molecule is C[C@]12CC[C@@H]3c4ccc(NS(=O)(=O)c5cccc(N)c5)cc4CC[C@H]3[C@@H]1CCC2=O. The number of nitrogen functional groups attached to an aromatic ring is 1. The van der Waals surface area contributed by atoms with Gasteiger partial charge in [0.1, 0.15) is 5.78 Å². The number of sulfonamides is 1. The summed E-state index contributed by atoms with van der Waals surface area (Å²) in [5, 5.41) is 0. The topological polar surface area (TPSA) is 89.3 Å². The van der Waals surface area contributed by atoms with Crippen molar-refractivity contribution in [3.05, 3.63) is 53.6 Å². The third kappa shape index (κ3) is 3.04. The molecule has 0 spiro atoms. The molecule has 0 amide bonds. The smallest absolute Gasteiger partial charge is 0.261 e. The molecule has 0 saturated heterocycles. The molecule has 3 aliphatic rings. The molecule has 2 fully saturated rings. The molecule has 4 atom stereocenters. The molecule has 3 N–H and O–H groups in total. The van der Waals surface area contributed by atoms with Crippen molar-refractivity contribution in [2.45, 2.75) is 56.3 Å². The number of nitrogens with two attached hydrogens (primary N) is 1. The lowest BCUT2D eigenvalue weighted by Gasteiger charge is -2.48. The Labute approximate surface area is 178 Å². The van der Waals surface area contributed by atoms with Gasteiger partial charge in [0, 0.05) is 23.2 Å². The van der Waals surface area contributed by atoms with Crippen LogP contribution < -0.4 is 10.5 Å². The third-order valence-corrected chi connectivity index (χ3v) is 9.24. The lowest BCUT2D eigenvalue weighted by atomic mass is 9.55. The molecule has 0 unspecified atom stereocenters. The van der Waals surface area contributed by atoms with E-state index >= 15 is 0 Å². The van der Waals surface area contributed by atoms with E-state index in [0.717, 1.165) is 38.5 Å². The van der Waals surface area contributed by atoms with Crippen LogP contribution >= 0.6 is 0 Å². The average Bonchev–Trinajstić information content (AvgIpc) is 3.02. The van der Waals surface area contributed by atoms with Crippen LogP contribution in [0.5, 0.6) is 0 Å². The van der Waals surface area contributed by atoms with Crippen molar-refractivity contribution in [2.75, 3.05) is 10.5 Å². The Morgan fingerprint density at radius 3 is 2.70 bits per heavy atom. The quantitative estimate of drug-likeness (QED) is 0.710. The number of carbonyl (C=O) groups excluding carboxylic acids is 1. The first-order chi connectivity index (χ1) is 14.3. The molecule has 2 saturated carbocycles. The Balaban J connectivity index is 1.41. The zero-order valence-corrected chi connectivity index (χ0v) is 18.0. The molecule has 5 nitrogen and oxygen atoms in total. The summed E-state index contributed by atoms with van der Waals surface area (Å²) >= 11 is 0. The number of fused-ring (bicyclic) bond motifs is 5. The molecule has 5 rings (SSSR count). The molecule has 0 aromatic heterocycles. The van der Waals surface area contributed by atoms with Crippen molar-refractivity contribution in [2.24, 2.45) is 17.3 Å². The van der Waals surface area contributed by atoms with E-state index in [4.69, 9.17) is 5.73 Å². The fraction of sp³-hybridized carbons (Fsp3) is 0.458. The summed E-state index contributed by atoms with van der Waals surface area (Å²) < 4.78 is 28.2. The number of ketones is 1. The van der Waals surface area contributed by atoms with E-state index in [1.807, 2.05) is 12.1 Å². The van der Waals surface area contributed by atoms with E-state index in [2.05, 4.69) is 17.7 Å². The number of anilines is 2. The first-order valence-corrected chi connectivity index (χ1v) is 12.3. The van der Waals surface area contributed by atoms with Crippen LogP contribution in [0.1, 0.15) is 56.1 Å². The van der Waals surface area contributed by atoms with Gasteiger partial charge in [-0.05, 0) is 91.3 Å². The molecule has 6 heteroatoms. The highest BCUT2D eigenvalue weighted by atomic mass is 32.2. The third-order valence-electron chi connectivity index (χ3n) is 7.86. The van der Waals surface area contributed by atoms with Crippen molar-refractivity contribution in [1.29, 1.82) is 0 Å². The second kappa shape index (κ2) is 6.84. The van der Waals surface area contributed by atoms with Crippen LogP contribution in [0.25, 0.3) is 0 Å². The van der Waals surface area contributed by atoms with Crippen LogP contribution in [0.2, 0.25) is 0 Å². The minimum atomic E-state index is -3.68. The van der Waals surface area contributed by atoms with Crippen LogP contribution in [0, 0.1) is 17.3 Å². The molecule has 158 valence electrons. The van der Waals surface area contributed by atoms with E-state index < -0.39 is 10.0 Å². The lowest BCUT2D eigenvalue weighted by molar-refractivity contribution is -0.129. The zero-order valence-electron chi connectivity index (χ0n) is 17.2. The van der Waals surface area contributed by atoms with Gasteiger partial charge in [0.15, 0.2) is 0 Å². The minimum Gasteiger partial charge on any atom is -0.399 e. The van der Waals surface area contributed by atoms with Crippen molar-refractivity contribution in [3.63, 3.8) is 0 Å². The fourth-order valence-corrected chi connectivity index (χ4v) is 7.42. The normalized spacial score (nSPS) is 30.3. The van der Waals surface area contributed by atoms with E-state index in [1.165, 1.54) is 17.2 Å². The van der Waals surface area contributed by atoms with Gasteiger partial charge in [-0.25, -0.2) is 8.42 Å². The summed E-state index contributed by atoms with van der Waals surface area (Å²) in [5.41, 5.74) is 9.21. The van der Waals surface area contributed by atoms with Gasteiger partial charge in [0.05, 0.1) is 4.90 Å².